The third-order valence-corrected chi connectivity index (χ3v) is 5.92. The molecular weight excluding hydrogens is 244 g/mol. The summed E-state index contributed by atoms with van der Waals surface area (Å²) in [6.07, 6.45) is 12.5. The van der Waals surface area contributed by atoms with Gasteiger partial charge in [0, 0.05) is 11.6 Å². The van der Waals surface area contributed by atoms with E-state index in [1.54, 1.807) is 0 Å². The van der Waals surface area contributed by atoms with Gasteiger partial charge in [0.15, 0.2) is 0 Å². The Bertz CT molecular complexity index is 261. The van der Waals surface area contributed by atoms with E-state index >= 15 is 0 Å². The largest absolute Gasteiger partial charge is 0.312 e. The van der Waals surface area contributed by atoms with Gasteiger partial charge in [0.1, 0.15) is 0 Å². The Kier molecular flexibility index (Phi) is 6.35. The van der Waals surface area contributed by atoms with Crippen molar-refractivity contribution in [2.24, 2.45) is 5.92 Å². The van der Waals surface area contributed by atoms with Gasteiger partial charge in [-0.1, -0.05) is 46.5 Å². The summed E-state index contributed by atoms with van der Waals surface area (Å²) in [5.41, 5.74) is 0.488. The lowest BCUT2D eigenvalue weighted by atomic mass is 9.76. The van der Waals surface area contributed by atoms with E-state index in [2.05, 4.69) is 31.0 Å². The maximum atomic E-state index is 3.99. The van der Waals surface area contributed by atoms with E-state index in [-0.39, 0.29) is 0 Å². The van der Waals surface area contributed by atoms with Crippen molar-refractivity contribution in [3.63, 3.8) is 0 Å². The van der Waals surface area contributed by atoms with Gasteiger partial charge in [-0.25, -0.2) is 0 Å². The van der Waals surface area contributed by atoms with E-state index < -0.39 is 0 Å². The van der Waals surface area contributed by atoms with E-state index in [0.29, 0.717) is 5.54 Å². The highest BCUT2D eigenvalue weighted by Gasteiger charge is 2.48. The van der Waals surface area contributed by atoms with Crippen LogP contribution in [0.2, 0.25) is 0 Å². The van der Waals surface area contributed by atoms with Crippen LogP contribution in [0.4, 0.5) is 0 Å². The molecular formula is C18H36N2. The number of hydrogen-bond donors (Lipinski definition) is 1. The molecule has 2 nitrogen and oxygen atoms in total. The molecule has 0 amide bonds. The van der Waals surface area contributed by atoms with Crippen LogP contribution in [0, 0.1) is 5.92 Å². The van der Waals surface area contributed by atoms with Gasteiger partial charge in [-0.3, -0.25) is 4.90 Å². The minimum atomic E-state index is 0.488. The number of nitrogens with zero attached hydrogens (tertiary/aromatic N) is 1. The van der Waals surface area contributed by atoms with Crippen molar-refractivity contribution in [2.45, 2.75) is 90.1 Å². The van der Waals surface area contributed by atoms with Crippen molar-refractivity contribution >= 4 is 0 Å². The maximum absolute atomic E-state index is 3.99. The zero-order valence-corrected chi connectivity index (χ0v) is 14.1. The molecule has 0 aromatic carbocycles. The molecule has 1 saturated carbocycles. The lowest BCUT2D eigenvalue weighted by molar-refractivity contribution is 0.0480. The number of likely N-dealkylation sites (tertiary alicyclic amines) is 1. The summed E-state index contributed by atoms with van der Waals surface area (Å²) in [7, 11) is 0. The van der Waals surface area contributed by atoms with Crippen molar-refractivity contribution in [3.05, 3.63) is 0 Å². The van der Waals surface area contributed by atoms with Crippen molar-refractivity contribution in [1.82, 2.24) is 10.2 Å². The second-order valence-electron chi connectivity index (χ2n) is 7.01. The van der Waals surface area contributed by atoms with Gasteiger partial charge < -0.3 is 5.32 Å². The summed E-state index contributed by atoms with van der Waals surface area (Å²) in [6.45, 7) is 11.0. The molecule has 1 atom stereocenters. The molecule has 0 radical (unpaired) electrons. The van der Waals surface area contributed by atoms with E-state index in [1.807, 2.05) is 0 Å². The van der Waals surface area contributed by atoms with Crippen LogP contribution in [0.1, 0.15) is 78.6 Å². The van der Waals surface area contributed by atoms with Crippen LogP contribution in [0.5, 0.6) is 0 Å². The Morgan fingerprint density at radius 2 is 1.55 bits per heavy atom. The third-order valence-electron chi connectivity index (χ3n) is 5.92. The van der Waals surface area contributed by atoms with Gasteiger partial charge in [0.25, 0.3) is 0 Å². The molecule has 0 aromatic rings. The SMILES string of the molecule is CCCNC(C(CC)CC)C1(N2CCCC2)CCCC1. The molecule has 1 heterocycles. The maximum Gasteiger partial charge on any atom is 0.0365 e. The summed E-state index contributed by atoms with van der Waals surface area (Å²) >= 11 is 0. The number of nitrogens with one attached hydrogen (secondary N) is 1. The first-order valence-corrected chi connectivity index (χ1v) is 9.27. The number of rotatable bonds is 8. The normalized spacial score (nSPS) is 24.6. The summed E-state index contributed by atoms with van der Waals surface area (Å²) < 4.78 is 0. The molecule has 2 fully saturated rings. The quantitative estimate of drug-likeness (QED) is 0.717. The monoisotopic (exact) mass is 280 g/mol. The molecule has 2 heteroatoms. The molecule has 0 spiro atoms. The first-order valence-electron chi connectivity index (χ1n) is 9.27. The van der Waals surface area contributed by atoms with Crippen LogP contribution >= 0.6 is 0 Å². The molecule has 1 unspecified atom stereocenters. The fourth-order valence-corrected chi connectivity index (χ4v) is 4.83. The van der Waals surface area contributed by atoms with E-state index in [4.69, 9.17) is 0 Å². The van der Waals surface area contributed by atoms with Crippen molar-refractivity contribution in [2.75, 3.05) is 19.6 Å². The predicted molar refractivity (Wildman–Crippen MR) is 88.2 cm³/mol. The smallest absolute Gasteiger partial charge is 0.0365 e. The highest BCUT2D eigenvalue weighted by Crippen LogP contribution is 2.43. The minimum Gasteiger partial charge on any atom is -0.312 e. The first-order chi connectivity index (χ1) is 9.78. The van der Waals surface area contributed by atoms with E-state index in [0.717, 1.165) is 12.0 Å². The summed E-state index contributed by atoms with van der Waals surface area (Å²) in [6, 6.07) is 0.720. The Morgan fingerprint density at radius 1 is 0.950 bits per heavy atom. The third kappa shape index (κ3) is 3.22. The van der Waals surface area contributed by atoms with Crippen LogP contribution in [-0.4, -0.2) is 36.1 Å². The predicted octanol–water partition coefficient (Wildman–Crippen LogP) is 4.20. The molecule has 1 saturated heterocycles. The second-order valence-corrected chi connectivity index (χ2v) is 7.01. The van der Waals surface area contributed by atoms with Crippen molar-refractivity contribution < 1.29 is 0 Å². The molecule has 0 aromatic heterocycles. The average Bonchev–Trinajstić information content (AvgIpc) is 3.14. The molecule has 118 valence electrons. The standard InChI is InChI=1S/C18H36N2/c1-4-13-19-17(16(5-2)6-3)18(11-7-8-12-18)20-14-9-10-15-20/h16-17,19H,4-15H2,1-3H3. The molecule has 20 heavy (non-hydrogen) atoms. The van der Waals surface area contributed by atoms with Crippen molar-refractivity contribution in [3.8, 4) is 0 Å². The van der Waals surface area contributed by atoms with Gasteiger partial charge >= 0.3 is 0 Å². The van der Waals surface area contributed by atoms with Crippen LogP contribution in [0.3, 0.4) is 0 Å². The Balaban J connectivity index is 2.20. The molecule has 1 aliphatic carbocycles. The Labute approximate surface area is 126 Å². The summed E-state index contributed by atoms with van der Waals surface area (Å²) in [5.74, 6) is 0.847. The van der Waals surface area contributed by atoms with Crippen LogP contribution in [-0.2, 0) is 0 Å². The fraction of sp³-hybridized carbons (Fsp3) is 1.00. The summed E-state index contributed by atoms with van der Waals surface area (Å²) in [5, 5.41) is 3.99. The lowest BCUT2D eigenvalue weighted by Crippen LogP contribution is -2.62. The lowest BCUT2D eigenvalue weighted by Gasteiger charge is -2.48. The highest BCUT2D eigenvalue weighted by atomic mass is 15.2. The average molecular weight is 280 g/mol. The van der Waals surface area contributed by atoms with Crippen LogP contribution < -0.4 is 5.32 Å². The Morgan fingerprint density at radius 3 is 2.05 bits per heavy atom. The Hall–Kier alpha value is -0.0800. The fourth-order valence-electron chi connectivity index (χ4n) is 4.83. The van der Waals surface area contributed by atoms with Crippen molar-refractivity contribution in [1.29, 1.82) is 0 Å². The van der Waals surface area contributed by atoms with Crippen LogP contribution in [0.25, 0.3) is 0 Å². The highest BCUT2D eigenvalue weighted by molar-refractivity contribution is 5.06. The minimum absolute atomic E-state index is 0.488. The molecule has 1 N–H and O–H groups in total. The zero-order chi connectivity index (χ0) is 14.4. The molecule has 1 aliphatic heterocycles. The number of hydrogen-bond acceptors (Lipinski definition) is 2. The topological polar surface area (TPSA) is 15.3 Å². The molecule has 0 bridgehead atoms. The summed E-state index contributed by atoms with van der Waals surface area (Å²) in [4.78, 5) is 2.88. The molecule has 2 rings (SSSR count). The zero-order valence-electron chi connectivity index (χ0n) is 14.1. The van der Waals surface area contributed by atoms with E-state index in [9.17, 15) is 0 Å². The second kappa shape index (κ2) is 7.79. The van der Waals surface area contributed by atoms with Gasteiger partial charge in [-0.15, -0.1) is 0 Å². The molecule has 2 aliphatic rings. The van der Waals surface area contributed by atoms with E-state index in [1.165, 1.54) is 77.4 Å². The van der Waals surface area contributed by atoms with Crippen LogP contribution in [0.15, 0.2) is 0 Å². The van der Waals surface area contributed by atoms with Gasteiger partial charge in [0.05, 0.1) is 0 Å². The first kappa shape index (κ1) is 16.3. The van der Waals surface area contributed by atoms with Gasteiger partial charge in [-0.05, 0) is 57.7 Å². The van der Waals surface area contributed by atoms with Gasteiger partial charge in [0.2, 0.25) is 0 Å². The van der Waals surface area contributed by atoms with Gasteiger partial charge in [-0.2, -0.15) is 0 Å².